The highest BCUT2D eigenvalue weighted by atomic mass is 28.4. The highest BCUT2D eigenvalue weighted by Gasteiger charge is 2.39. The Labute approximate surface area is 124 Å². The molecule has 0 amide bonds. The van der Waals surface area contributed by atoms with Gasteiger partial charge in [0.2, 0.25) is 0 Å². The van der Waals surface area contributed by atoms with Gasteiger partial charge in [0.15, 0.2) is 17.5 Å². The molecule has 21 heavy (non-hydrogen) atoms. The lowest BCUT2D eigenvalue weighted by Crippen LogP contribution is -2.46. The van der Waals surface area contributed by atoms with Gasteiger partial charge < -0.3 is 13.3 Å². The summed E-state index contributed by atoms with van der Waals surface area (Å²) in [5.74, 6) is -3.84. The summed E-state index contributed by atoms with van der Waals surface area (Å²) in [5.41, 5.74) is 0.349. The number of aryl methyl sites for hydroxylation is 1. The lowest BCUT2D eigenvalue weighted by Gasteiger charge is -2.28. The third-order valence-corrected chi connectivity index (χ3v) is 5.90. The van der Waals surface area contributed by atoms with Crippen molar-refractivity contribution in [2.45, 2.75) is 33.2 Å². The molecule has 1 rings (SSSR count). The summed E-state index contributed by atoms with van der Waals surface area (Å²) in [6.07, 6.45) is 0.292. The fourth-order valence-electron chi connectivity index (χ4n) is 2.05. The molecule has 0 unspecified atom stereocenters. The summed E-state index contributed by atoms with van der Waals surface area (Å²) in [4.78, 5) is 0. The molecule has 0 fully saturated rings. The molecule has 0 heterocycles. The van der Waals surface area contributed by atoms with E-state index >= 15 is 0 Å². The van der Waals surface area contributed by atoms with Crippen molar-refractivity contribution in [1.29, 1.82) is 0 Å². The minimum absolute atomic E-state index is 0.292. The van der Waals surface area contributed by atoms with E-state index in [-0.39, 0.29) is 0 Å². The van der Waals surface area contributed by atoms with Crippen LogP contribution in [0.15, 0.2) is 12.1 Å². The summed E-state index contributed by atoms with van der Waals surface area (Å²) in [6, 6.07) is 2.36. The molecule has 0 atom stereocenters. The fourth-order valence-corrected chi connectivity index (χ4v) is 4.65. The smallest absolute Gasteiger partial charge is 0.374 e. The quantitative estimate of drug-likeness (QED) is 0.512. The van der Waals surface area contributed by atoms with Crippen molar-refractivity contribution >= 4 is 8.80 Å². The maximum Gasteiger partial charge on any atom is 0.501 e. The Kier molecular flexibility index (Phi) is 7.37. The number of hydrogen-bond acceptors (Lipinski definition) is 3. The molecule has 1 aromatic carbocycles. The lowest BCUT2D eigenvalue weighted by atomic mass is 10.1. The van der Waals surface area contributed by atoms with E-state index in [0.29, 0.717) is 37.8 Å². The van der Waals surface area contributed by atoms with Crippen LogP contribution in [0.4, 0.5) is 13.2 Å². The van der Waals surface area contributed by atoms with Crippen LogP contribution < -0.4 is 0 Å². The van der Waals surface area contributed by atoms with Crippen molar-refractivity contribution in [3.05, 3.63) is 35.1 Å². The van der Waals surface area contributed by atoms with Gasteiger partial charge in [-0.2, -0.15) is 0 Å². The van der Waals surface area contributed by atoms with Crippen LogP contribution in [0.3, 0.4) is 0 Å². The van der Waals surface area contributed by atoms with Gasteiger partial charge in [0, 0.05) is 25.9 Å². The van der Waals surface area contributed by atoms with Crippen LogP contribution in [-0.4, -0.2) is 28.6 Å². The van der Waals surface area contributed by atoms with Crippen LogP contribution in [-0.2, 0) is 19.7 Å². The van der Waals surface area contributed by atoms with Crippen molar-refractivity contribution in [1.82, 2.24) is 0 Å². The Morgan fingerprint density at radius 1 is 0.857 bits per heavy atom. The van der Waals surface area contributed by atoms with Crippen LogP contribution in [0.5, 0.6) is 0 Å². The Morgan fingerprint density at radius 2 is 1.29 bits per heavy atom. The lowest BCUT2D eigenvalue weighted by molar-refractivity contribution is 0.0714. The second kappa shape index (κ2) is 8.53. The zero-order chi connectivity index (χ0) is 15.9. The third kappa shape index (κ3) is 5.10. The second-order valence-corrected chi connectivity index (χ2v) is 7.09. The maximum absolute atomic E-state index is 13.2. The number of rotatable bonds is 9. The van der Waals surface area contributed by atoms with Gasteiger partial charge in [-0.1, -0.05) is 0 Å². The van der Waals surface area contributed by atoms with Gasteiger partial charge in [0.05, 0.1) is 0 Å². The molecule has 7 heteroatoms. The number of halogens is 3. The average molecular weight is 322 g/mol. The van der Waals surface area contributed by atoms with Gasteiger partial charge in [-0.15, -0.1) is 0 Å². The van der Waals surface area contributed by atoms with Crippen LogP contribution in [0.25, 0.3) is 0 Å². The summed E-state index contributed by atoms with van der Waals surface area (Å²) in [7, 11) is -2.87. The molecule has 0 aliphatic rings. The zero-order valence-electron chi connectivity index (χ0n) is 12.5. The predicted octanol–water partition coefficient (Wildman–Crippen LogP) is 3.69. The Morgan fingerprint density at radius 3 is 1.67 bits per heavy atom. The molecule has 0 aliphatic heterocycles. The molecule has 0 radical (unpaired) electrons. The molecule has 0 aliphatic carbocycles. The highest BCUT2D eigenvalue weighted by molar-refractivity contribution is 6.60. The predicted molar refractivity (Wildman–Crippen MR) is 75.5 cm³/mol. The van der Waals surface area contributed by atoms with Crippen molar-refractivity contribution in [2.24, 2.45) is 0 Å². The maximum atomic E-state index is 13.2. The van der Waals surface area contributed by atoms with Gasteiger partial charge in [0.25, 0.3) is 0 Å². The normalized spacial score (nSPS) is 11.9. The van der Waals surface area contributed by atoms with Gasteiger partial charge in [0.1, 0.15) is 0 Å². The molecule has 0 aromatic heterocycles. The van der Waals surface area contributed by atoms with Crippen LogP contribution in [0.1, 0.15) is 26.3 Å². The molecule has 1 aromatic rings. The van der Waals surface area contributed by atoms with Crippen molar-refractivity contribution in [3.8, 4) is 0 Å². The van der Waals surface area contributed by atoms with Gasteiger partial charge in [-0.3, -0.25) is 0 Å². The molecule has 0 bridgehead atoms. The van der Waals surface area contributed by atoms with E-state index < -0.39 is 26.3 Å². The molecular formula is C14H21F3O3Si. The Balaban J connectivity index is 2.84. The third-order valence-electron chi connectivity index (χ3n) is 2.86. The van der Waals surface area contributed by atoms with Crippen LogP contribution in [0, 0.1) is 17.5 Å². The first kappa shape index (κ1) is 18.2. The molecule has 0 saturated carbocycles. The standard InChI is InChI=1S/C14H21F3O3Si/c1-4-18-21(19-5-2,20-6-3)8-7-11-9-12(15)14(17)13(16)10-11/h9-10H,4-8H2,1-3H3. The minimum atomic E-state index is -2.87. The van der Waals surface area contributed by atoms with E-state index in [1.54, 1.807) is 0 Å². The van der Waals surface area contributed by atoms with E-state index in [2.05, 4.69) is 0 Å². The summed E-state index contributed by atoms with van der Waals surface area (Å²) >= 11 is 0. The molecule has 0 spiro atoms. The molecule has 0 saturated heterocycles. The number of hydrogen-bond donors (Lipinski definition) is 0. The Hall–Kier alpha value is -0.893. The number of benzene rings is 1. The molecule has 3 nitrogen and oxygen atoms in total. The topological polar surface area (TPSA) is 27.7 Å². The minimum Gasteiger partial charge on any atom is -0.374 e. The second-order valence-electron chi connectivity index (χ2n) is 4.36. The van der Waals surface area contributed by atoms with Gasteiger partial charge >= 0.3 is 8.80 Å². The summed E-state index contributed by atoms with van der Waals surface area (Å²) < 4.78 is 56.3. The van der Waals surface area contributed by atoms with E-state index in [4.69, 9.17) is 13.3 Å². The zero-order valence-corrected chi connectivity index (χ0v) is 13.5. The van der Waals surface area contributed by atoms with E-state index in [1.165, 1.54) is 0 Å². The first-order chi connectivity index (χ1) is 9.98. The van der Waals surface area contributed by atoms with Crippen molar-refractivity contribution in [3.63, 3.8) is 0 Å². The largest absolute Gasteiger partial charge is 0.501 e. The monoisotopic (exact) mass is 322 g/mol. The molecule has 0 N–H and O–H groups in total. The SMILES string of the molecule is CCO[Si](CCc1cc(F)c(F)c(F)c1)(OCC)OCC. The van der Waals surface area contributed by atoms with E-state index in [9.17, 15) is 13.2 Å². The van der Waals surface area contributed by atoms with Gasteiger partial charge in [-0.05, 0) is 44.9 Å². The van der Waals surface area contributed by atoms with Crippen molar-refractivity contribution in [2.75, 3.05) is 19.8 Å². The Bertz CT molecular complexity index is 417. The van der Waals surface area contributed by atoms with Crippen molar-refractivity contribution < 1.29 is 26.4 Å². The first-order valence-corrected chi connectivity index (χ1v) is 8.96. The fraction of sp³-hybridized carbons (Fsp3) is 0.571. The highest BCUT2D eigenvalue weighted by Crippen LogP contribution is 2.21. The van der Waals surface area contributed by atoms with E-state index in [0.717, 1.165) is 12.1 Å². The average Bonchev–Trinajstić information content (AvgIpc) is 2.43. The first-order valence-electron chi connectivity index (χ1n) is 7.03. The van der Waals surface area contributed by atoms with E-state index in [1.807, 2.05) is 20.8 Å². The van der Waals surface area contributed by atoms with Gasteiger partial charge in [-0.25, -0.2) is 13.2 Å². The van der Waals surface area contributed by atoms with Crippen LogP contribution in [0.2, 0.25) is 6.04 Å². The molecule has 120 valence electrons. The summed E-state index contributed by atoms with van der Waals surface area (Å²) in [5, 5.41) is 0. The van der Waals surface area contributed by atoms with Crippen LogP contribution >= 0.6 is 0 Å². The molecular weight excluding hydrogens is 301 g/mol. The summed E-state index contributed by atoms with van der Waals surface area (Å²) in [6.45, 7) is 6.78.